The van der Waals surface area contributed by atoms with Gasteiger partial charge in [0.2, 0.25) is 0 Å². The quantitative estimate of drug-likeness (QED) is 0.293. The monoisotopic (exact) mass is 540 g/mol. The molecule has 194 valence electrons. The second-order valence-corrected chi connectivity index (χ2v) is 9.16. The number of hydrogen-bond donors (Lipinski definition) is 1. The lowest BCUT2D eigenvalue weighted by molar-refractivity contribution is -0.141. The number of carbonyl (C=O) groups excluding carboxylic acids is 2. The number of ether oxygens (including phenoxy) is 1. The molecule has 5 rings (SSSR count). The standard InChI is InChI=1S/C25H19F3N6O3S/c1-3-37-24(36)16-13-30-34-17(9-10-29-22(16)34)14-5-4-6-15(11-14)31-23(35)20-8-7-19(38-20)18-12-21(25(26,27)28)32-33(18)2/h4-13H,3H2,1-2H3,(H,31,35). The van der Waals surface area contributed by atoms with E-state index in [1.165, 1.54) is 17.8 Å². The molecule has 0 aliphatic rings. The molecule has 4 aromatic heterocycles. The van der Waals surface area contributed by atoms with Gasteiger partial charge < -0.3 is 10.1 Å². The van der Waals surface area contributed by atoms with Crippen LogP contribution in [0, 0.1) is 0 Å². The fourth-order valence-electron chi connectivity index (χ4n) is 3.85. The van der Waals surface area contributed by atoms with Crippen molar-refractivity contribution >= 4 is 34.5 Å². The van der Waals surface area contributed by atoms with Gasteiger partial charge >= 0.3 is 12.1 Å². The molecular formula is C25H19F3N6O3S. The molecule has 1 N–H and O–H groups in total. The largest absolute Gasteiger partial charge is 0.462 e. The highest BCUT2D eigenvalue weighted by atomic mass is 32.1. The predicted molar refractivity (Wildman–Crippen MR) is 134 cm³/mol. The van der Waals surface area contributed by atoms with Crippen molar-refractivity contribution in [2.24, 2.45) is 7.05 Å². The number of esters is 1. The van der Waals surface area contributed by atoms with Crippen LogP contribution in [0.2, 0.25) is 0 Å². The van der Waals surface area contributed by atoms with E-state index in [9.17, 15) is 22.8 Å². The van der Waals surface area contributed by atoms with Gasteiger partial charge in [-0.3, -0.25) is 9.48 Å². The van der Waals surface area contributed by atoms with Crippen LogP contribution in [-0.2, 0) is 18.0 Å². The highest BCUT2D eigenvalue weighted by Crippen LogP contribution is 2.34. The number of nitrogens with one attached hydrogen (secondary N) is 1. The second kappa shape index (κ2) is 9.74. The molecular weight excluding hydrogens is 521 g/mol. The van der Waals surface area contributed by atoms with Crippen LogP contribution < -0.4 is 5.32 Å². The number of benzene rings is 1. The molecule has 0 aliphatic carbocycles. The van der Waals surface area contributed by atoms with Gasteiger partial charge in [-0.2, -0.15) is 23.4 Å². The Kier molecular flexibility index (Phi) is 6.45. The van der Waals surface area contributed by atoms with E-state index in [0.717, 1.165) is 22.1 Å². The van der Waals surface area contributed by atoms with Crippen LogP contribution in [0.5, 0.6) is 0 Å². The number of fused-ring (bicyclic) bond motifs is 1. The van der Waals surface area contributed by atoms with E-state index in [1.807, 2.05) is 6.07 Å². The number of anilines is 1. The van der Waals surface area contributed by atoms with Crippen LogP contribution in [0.25, 0.3) is 27.5 Å². The van der Waals surface area contributed by atoms with Crippen molar-refractivity contribution in [3.05, 3.63) is 77.1 Å². The summed E-state index contributed by atoms with van der Waals surface area (Å²) in [5.74, 6) is -0.940. The molecule has 13 heteroatoms. The fraction of sp³-hybridized carbons (Fsp3) is 0.160. The zero-order chi connectivity index (χ0) is 27.0. The molecule has 0 unspecified atom stereocenters. The first-order chi connectivity index (χ1) is 18.2. The maximum absolute atomic E-state index is 13.0. The Morgan fingerprint density at radius 3 is 2.66 bits per heavy atom. The molecule has 0 saturated heterocycles. The molecule has 38 heavy (non-hydrogen) atoms. The number of aryl methyl sites for hydroxylation is 1. The lowest BCUT2D eigenvalue weighted by atomic mass is 10.1. The van der Waals surface area contributed by atoms with Crippen LogP contribution in [0.3, 0.4) is 0 Å². The Bertz CT molecular complexity index is 1670. The zero-order valence-electron chi connectivity index (χ0n) is 20.0. The topological polar surface area (TPSA) is 103 Å². The van der Waals surface area contributed by atoms with Gasteiger partial charge in [-0.15, -0.1) is 11.3 Å². The number of amides is 1. The minimum absolute atomic E-state index is 0.222. The van der Waals surface area contributed by atoms with Crippen LogP contribution in [0.15, 0.2) is 60.9 Å². The van der Waals surface area contributed by atoms with E-state index in [1.54, 1.807) is 49.5 Å². The van der Waals surface area contributed by atoms with Crippen LogP contribution >= 0.6 is 11.3 Å². The van der Waals surface area contributed by atoms with E-state index >= 15 is 0 Å². The SMILES string of the molecule is CCOC(=O)c1cnn2c(-c3cccc(NC(=O)c4ccc(-c5cc(C(F)(F)F)nn5C)s4)c3)ccnc12. The van der Waals surface area contributed by atoms with Crippen molar-refractivity contribution < 1.29 is 27.5 Å². The first kappa shape index (κ1) is 25.1. The predicted octanol–water partition coefficient (Wildman–Crippen LogP) is 5.31. The minimum atomic E-state index is -4.56. The third kappa shape index (κ3) is 4.75. The number of aromatic nitrogens is 5. The van der Waals surface area contributed by atoms with Gasteiger partial charge in [0, 0.05) is 24.5 Å². The third-order valence-electron chi connectivity index (χ3n) is 5.57. The molecule has 0 bridgehead atoms. The van der Waals surface area contributed by atoms with Crippen LogP contribution in [-0.4, -0.2) is 42.9 Å². The summed E-state index contributed by atoms with van der Waals surface area (Å²) in [4.78, 5) is 30.2. The first-order valence-electron chi connectivity index (χ1n) is 11.3. The summed E-state index contributed by atoms with van der Waals surface area (Å²) in [5, 5.41) is 10.6. The van der Waals surface area contributed by atoms with E-state index in [-0.39, 0.29) is 17.9 Å². The Morgan fingerprint density at radius 2 is 1.92 bits per heavy atom. The van der Waals surface area contributed by atoms with Gasteiger partial charge in [0.1, 0.15) is 5.56 Å². The smallest absolute Gasteiger partial charge is 0.435 e. The van der Waals surface area contributed by atoms with Gasteiger partial charge in [-0.05, 0) is 43.3 Å². The summed E-state index contributed by atoms with van der Waals surface area (Å²) in [6.45, 7) is 1.93. The van der Waals surface area contributed by atoms with Gasteiger partial charge in [-0.1, -0.05) is 12.1 Å². The summed E-state index contributed by atoms with van der Waals surface area (Å²) in [6.07, 6.45) is -1.62. The molecule has 1 amide bonds. The number of rotatable bonds is 6. The summed E-state index contributed by atoms with van der Waals surface area (Å²) < 4.78 is 46.8. The van der Waals surface area contributed by atoms with Crippen molar-refractivity contribution in [2.45, 2.75) is 13.1 Å². The van der Waals surface area contributed by atoms with E-state index in [4.69, 9.17) is 4.74 Å². The van der Waals surface area contributed by atoms with Gasteiger partial charge in [-0.25, -0.2) is 14.3 Å². The maximum Gasteiger partial charge on any atom is 0.435 e. The second-order valence-electron chi connectivity index (χ2n) is 8.08. The van der Waals surface area contributed by atoms with E-state index in [2.05, 4.69) is 20.5 Å². The summed E-state index contributed by atoms with van der Waals surface area (Å²) in [5.41, 5.74) is 1.67. The van der Waals surface area contributed by atoms with Gasteiger partial charge in [0.15, 0.2) is 11.3 Å². The lowest BCUT2D eigenvalue weighted by Gasteiger charge is -2.08. The Labute approximate surface area is 217 Å². The third-order valence-corrected chi connectivity index (χ3v) is 6.67. The average Bonchev–Trinajstić information content (AvgIpc) is 3.62. The molecule has 0 fully saturated rings. The molecule has 0 aliphatic heterocycles. The highest BCUT2D eigenvalue weighted by molar-refractivity contribution is 7.17. The van der Waals surface area contributed by atoms with Crippen LogP contribution in [0.4, 0.5) is 18.9 Å². The van der Waals surface area contributed by atoms with Gasteiger partial charge in [0.25, 0.3) is 5.91 Å². The number of halogens is 3. The number of nitrogens with zero attached hydrogens (tertiary/aromatic N) is 5. The Balaban J connectivity index is 1.38. The van der Waals surface area contributed by atoms with Crippen molar-refractivity contribution in [2.75, 3.05) is 11.9 Å². The summed E-state index contributed by atoms with van der Waals surface area (Å²) in [7, 11) is 1.42. The van der Waals surface area contributed by atoms with Crippen molar-refractivity contribution in [1.82, 2.24) is 24.4 Å². The Morgan fingerprint density at radius 1 is 1.11 bits per heavy atom. The average molecular weight is 541 g/mol. The minimum Gasteiger partial charge on any atom is -0.462 e. The number of alkyl halides is 3. The summed E-state index contributed by atoms with van der Waals surface area (Å²) >= 11 is 1.06. The molecule has 1 aromatic carbocycles. The molecule has 0 spiro atoms. The maximum atomic E-state index is 13.0. The molecule has 0 saturated carbocycles. The van der Waals surface area contributed by atoms with Crippen LogP contribution in [0.1, 0.15) is 32.6 Å². The zero-order valence-corrected chi connectivity index (χ0v) is 20.8. The Hall–Kier alpha value is -4.52. The lowest BCUT2D eigenvalue weighted by Crippen LogP contribution is -2.10. The molecule has 5 aromatic rings. The number of carbonyl (C=O) groups is 2. The highest BCUT2D eigenvalue weighted by Gasteiger charge is 2.35. The van der Waals surface area contributed by atoms with Gasteiger partial charge in [0.05, 0.1) is 33.9 Å². The molecule has 0 radical (unpaired) electrons. The summed E-state index contributed by atoms with van der Waals surface area (Å²) in [6, 6.07) is 12.8. The van der Waals surface area contributed by atoms with Crippen molar-refractivity contribution in [3.8, 4) is 21.8 Å². The van der Waals surface area contributed by atoms with E-state index < -0.39 is 23.7 Å². The van der Waals surface area contributed by atoms with E-state index in [0.29, 0.717) is 32.3 Å². The van der Waals surface area contributed by atoms with Crippen molar-refractivity contribution in [3.63, 3.8) is 0 Å². The molecule has 4 heterocycles. The normalized spacial score (nSPS) is 11.6. The fourth-order valence-corrected chi connectivity index (χ4v) is 4.79. The van der Waals surface area contributed by atoms with Crippen molar-refractivity contribution in [1.29, 1.82) is 0 Å². The number of hydrogen-bond acceptors (Lipinski definition) is 7. The molecule has 9 nitrogen and oxygen atoms in total. The molecule has 0 atom stereocenters. The first-order valence-corrected chi connectivity index (χ1v) is 12.1. The number of thiophene rings is 1.